The molecule has 0 aliphatic carbocycles. The lowest BCUT2D eigenvalue weighted by molar-refractivity contribution is -0.110. The summed E-state index contributed by atoms with van der Waals surface area (Å²) in [4.78, 5) is 10.4. The number of hydrogen-bond donors (Lipinski definition) is 2. The Kier molecular flexibility index (Phi) is 2.90. The molecule has 0 saturated carbocycles. The van der Waals surface area contributed by atoms with E-state index in [4.69, 9.17) is 11.5 Å². The number of carbonyl (C=O) groups is 1. The van der Waals surface area contributed by atoms with Crippen LogP contribution in [0.15, 0.2) is 18.2 Å². The van der Waals surface area contributed by atoms with Crippen LogP contribution in [-0.4, -0.2) is 6.29 Å². The second-order valence-corrected chi connectivity index (χ2v) is 3.24. The Morgan fingerprint density at radius 3 is 2.77 bits per heavy atom. The molecule has 1 aromatic carbocycles. The fourth-order valence-electron chi connectivity index (χ4n) is 1.21. The zero-order valence-electron chi connectivity index (χ0n) is 7.66. The zero-order valence-corrected chi connectivity index (χ0v) is 7.66. The lowest BCUT2D eigenvalue weighted by atomic mass is 10.0. The molecule has 0 spiro atoms. The number of nitrogen functional groups attached to an aromatic ring is 2. The molecular weight excluding hydrogens is 164 g/mol. The van der Waals surface area contributed by atoms with Crippen molar-refractivity contribution in [3.63, 3.8) is 0 Å². The normalized spacial score (nSPS) is 12.4. The van der Waals surface area contributed by atoms with Crippen molar-refractivity contribution in [1.29, 1.82) is 0 Å². The number of nitrogens with two attached hydrogens (primary N) is 2. The van der Waals surface area contributed by atoms with Gasteiger partial charge >= 0.3 is 0 Å². The molecule has 1 atom stereocenters. The van der Waals surface area contributed by atoms with E-state index in [1.165, 1.54) is 0 Å². The highest BCUT2D eigenvalue weighted by molar-refractivity contribution is 5.68. The molecule has 13 heavy (non-hydrogen) atoms. The first-order valence-corrected chi connectivity index (χ1v) is 4.23. The van der Waals surface area contributed by atoms with Gasteiger partial charge in [-0.05, 0) is 18.1 Å². The van der Waals surface area contributed by atoms with Gasteiger partial charge in [0.2, 0.25) is 0 Å². The summed E-state index contributed by atoms with van der Waals surface area (Å²) in [6.07, 6.45) is 1.57. The molecule has 0 amide bonds. The van der Waals surface area contributed by atoms with Crippen LogP contribution in [0, 0.1) is 5.92 Å². The van der Waals surface area contributed by atoms with Crippen LogP contribution in [0.1, 0.15) is 12.5 Å². The summed E-state index contributed by atoms with van der Waals surface area (Å²) in [5.41, 5.74) is 13.5. The van der Waals surface area contributed by atoms with Crippen LogP contribution < -0.4 is 11.5 Å². The van der Waals surface area contributed by atoms with Crippen LogP contribution in [0.25, 0.3) is 0 Å². The summed E-state index contributed by atoms with van der Waals surface area (Å²) in [6.45, 7) is 1.86. The Morgan fingerprint density at radius 1 is 1.46 bits per heavy atom. The standard InChI is InChI=1S/C10H14N2O/c1-7(6-13)5-8-3-2-4-9(11)10(8)12/h2-4,6-7H,5,11-12H2,1H3. The predicted octanol–water partition coefficient (Wildman–Crippen LogP) is 1.23. The van der Waals surface area contributed by atoms with E-state index in [1.54, 1.807) is 6.07 Å². The number of hydrogen-bond acceptors (Lipinski definition) is 3. The number of aldehydes is 1. The van der Waals surface area contributed by atoms with Crippen molar-refractivity contribution in [3.05, 3.63) is 23.8 Å². The summed E-state index contributed by atoms with van der Waals surface area (Å²) in [5.74, 6) is -0.0101. The molecule has 0 fully saturated rings. The van der Waals surface area contributed by atoms with Crippen molar-refractivity contribution in [2.24, 2.45) is 5.92 Å². The molecule has 0 heterocycles. The van der Waals surface area contributed by atoms with Gasteiger partial charge < -0.3 is 16.3 Å². The Labute approximate surface area is 77.7 Å². The van der Waals surface area contributed by atoms with Gasteiger partial charge in [0, 0.05) is 5.92 Å². The first-order valence-electron chi connectivity index (χ1n) is 4.23. The van der Waals surface area contributed by atoms with E-state index in [-0.39, 0.29) is 5.92 Å². The number of anilines is 2. The summed E-state index contributed by atoms with van der Waals surface area (Å²) in [7, 11) is 0. The predicted molar refractivity (Wildman–Crippen MR) is 54.2 cm³/mol. The van der Waals surface area contributed by atoms with Gasteiger partial charge in [0.15, 0.2) is 0 Å². The van der Waals surface area contributed by atoms with E-state index in [2.05, 4.69) is 0 Å². The fraction of sp³-hybridized carbons (Fsp3) is 0.300. The molecule has 4 N–H and O–H groups in total. The van der Waals surface area contributed by atoms with E-state index < -0.39 is 0 Å². The Bertz CT molecular complexity index is 310. The van der Waals surface area contributed by atoms with Crippen molar-refractivity contribution in [2.45, 2.75) is 13.3 Å². The van der Waals surface area contributed by atoms with E-state index in [1.807, 2.05) is 19.1 Å². The molecule has 0 bridgehead atoms. The first-order chi connectivity index (χ1) is 6.15. The van der Waals surface area contributed by atoms with Gasteiger partial charge in [-0.1, -0.05) is 19.1 Å². The third-order valence-electron chi connectivity index (χ3n) is 2.00. The Morgan fingerprint density at radius 2 is 2.15 bits per heavy atom. The molecule has 0 radical (unpaired) electrons. The minimum atomic E-state index is -0.0101. The van der Waals surface area contributed by atoms with Gasteiger partial charge in [-0.25, -0.2) is 0 Å². The van der Waals surface area contributed by atoms with Crippen LogP contribution in [-0.2, 0) is 11.2 Å². The van der Waals surface area contributed by atoms with E-state index >= 15 is 0 Å². The van der Waals surface area contributed by atoms with Crippen LogP contribution in [0.2, 0.25) is 0 Å². The van der Waals surface area contributed by atoms with Gasteiger partial charge in [-0.15, -0.1) is 0 Å². The minimum Gasteiger partial charge on any atom is -0.397 e. The molecule has 0 aliphatic rings. The van der Waals surface area contributed by atoms with Crippen LogP contribution in [0.4, 0.5) is 11.4 Å². The lowest BCUT2D eigenvalue weighted by Gasteiger charge is -2.08. The van der Waals surface area contributed by atoms with Crippen LogP contribution in [0.5, 0.6) is 0 Å². The lowest BCUT2D eigenvalue weighted by Crippen LogP contribution is -2.05. The first kappa shape index (κ1) is 9.58. The maximum Gasteiger partial charge on any atom is 0.123 e. The molecule has 3 heteroatoms. The molecule has 1 aromatic rings. The van der Waals surface area contributed by atoms with Gasteiger partial charge in [-0.2, -0.15) is 0 Å². The van der Waals surface area contributed by atoms with Crippen molar-refractivity contribution >= 4 is 17.7 Å². The van der Waals surface area contributed by atoms with Crippen LogP contribution >= 0.6 is 0 Å². The highest BCUT2D eigenvalue weighted by Crippen LogP contribution is 2.21. The van der Waals surface area contributed by atoms with Gasteiger partial charge in [0.1, 0.15) is 6.29 Å². The van der Waals surface area contributed by atoms with Crippen molar-refractivity contribution in [1.82, 2.24) is 0 Å². The van der Waals surface area contributed by atoms with Gasteiger partial charge in [0.25, 0.3) is 0 Å². The Hall–Kier alpha value is -1.51. The topological polar surface area (TPSA) is 69.1 Å². The average Bonchev–Trinajstić information content (AvgIpc) is 2.13. The zero-order chi connectivity index (χ0) is 9.84. The van der Waals surface area contributed by atoms with Crippen LogP contribution in [0.3, 0.4) is 0 Å². The highest BCUT2D eigenvalue weighted by atomic mass is 16.1. The average molecular weight is 178 g/mol. The van der Waals surface area contributed by atoms with Crippen molar-refractivity contribution < 1.29 is 4.79 Å². The molecule has 0 saturated heterocycles. The highest BCUT2D eigenvalue weighted by Gasteiger charge is 2.06. The van der Waals surface area contributed by atoms with Gasteiger partial charge in [0.05, 0.1) is 11.4 Å². The molecule has 1 rings (SSSR count). The van der Waals surface area contributed by atoms with Gasteiger partial charge in [-0.3, -0.25) is 0 Å². The summed E-state index contributed by atoms with van der Waals surface area (Å²) >= 11 is 0. The quantitative estimate of drug-likeness (QED) is 0.540. The maximum atomic E-state index is 10.4. The SMILES string of the molecule is CC(C=O)Cc1cccc(N)c1N. The number of rotatable bonds is 3. The fourth-order valence-corrected chi connectivity index (χ4v) is 1.21. The van der Waals surface area contributed by atoms with E-state index in [0.29, 0.717) is 17.8 Å². The minimum absolute atomic E-state index is 0.0101. The number of carbonyl (C=O) groups excluding carboxylic acids is 1. The summed E-state index contributed by atoms with van der Waals surface area (Å²) in [5, 5.41) is 0. The largest absolute Gasteiger partial charge is 0.397 e. The van der Waals surface area contributed by atoms with Crippen molar-refractivity contribution in [2.75, 3.05) is 11.5 Å². The summed E-state index contributed by atoms with van der Waals surface area (Å²) in [6, 6.07) is 5.49. The van der Waals surface area contributed by atoms with Crippen molar-refractivity contribution in [3.8, 4) is 0 Å². The maximum absolute atomic E-state index is 10.4. The number of para-hydroxylation sites is 1. The second-order valence-electron chi connectivity index (χ2n) is 3.24. The smallest absolute Gasteiger partial charge is 0.123 e. The third kappa shape index (κ3) is 2.21. The van der Waals surface area contributed by atoms with E-state index in [9.17, 15) is 4.79 Å². The molecule has 3 nitrogen and oxygen atoms in total. The van der Waals surface area contributed by atoms with E-state index in [0.717, 1.165) is 11.8 Å². The number of benzene rings is 1. The molecule has 0 aliphatic heterocycles. The third-order valence-corrected chi connectivity index (χ3v) is 2.00. The molecule has 70 valence electrons. The molecular formula is C10H14N2O. The Balaban J connectivity index is 2.88. The second kappa shape index (κ2) is 3.94. The summed E-state index contributed by atoms with van der Waals surface area (Å²) < 4.78 is 0. The monoisotopic (exact) mass is 178 g/mol. The molecule has 0 aromatic heterocycles. The molecule has 1 unspecified atom stereocenters.